The molecule has 3 aromatic heterocycles. The van der Waals surface area contributed by atoms with Gasteiger partial charge in [-0.25, -0.2) is 9.97 Å². The normalized spacial score (nSPS) is 11.2. The maximum atomic E-state index is 12.2. The topological polar surface area (TPSA) is 101 Å². The number of hydrogen-bond donors (Lipinski definition) is 3. The predicted octanol–water partition coefficient (Wildman–Crippen LogP) is 5.28. The molecule has 1 aromatic carbocycles. The van der Waals surface area contributed by atoms with Crippen molar-refractivity contribution in [1.29, 1.82) is 0 Å². The van der Waals surface area contributed by atoms with Crippen molar-refractivity contribution in [3.05, 3.63) is 47.5 Å². The van der Waals surface area contributed by atoms with Gasteiger partial charge in [0.15, 0.2) is 0 Å². The number of nitrogens with two attached hydrogens (primary N) is 1. The van der Waals surface area contributed by atoms with Gasteiger partial charge in [0.05, 0.1) is 16.5 Å². The number of thiazole rings is 1. The summed E-state index contributed by atoms with van der Waals surface area (Å²) in [4.78, 5) is 22.4. The smallest absolute Gasteiger partial charge is 0.251 e. The average molecular weight is 485 g/mol. The average Bonchev–Trinajstić information content (AvgIpc) is 3.46. The molecular formula is C23H24N4O2S3. The molecule has 4 rings (SSSR count). The molecule has 0 aliphatic carbocycles. The highest BCUT2D eigenvalue weighted by molar-refractivity contribution is 8.01. The van der Waals surface area contributed by atoms with Gasteiger partial charge < -0.3 is 16.2 Å². The number of nitrogens with one attached hydrogen (secondary N) is 1. The van der Waals surface area contributed by atoms with Crippen molar-refractivity contribution >= 4 is 56.2 Å². The lowest BCUT2D eigenvalue weighted by molar-refractivity contribution is 0.0945. The molecule has 0 aliphatic heterocycles. The van der Waals surface area contributed by atoms with Crippen LogP contribution in [0.5, 0.6) is 0 Å². The number of carbonyl (C=O) groups excluding carboxylic acids is 1. The molecule has 1 amide bonds. The van der Waals surface area contributed by atoms with E-state index < -0.39 is 0 Å². The van der Waals surface area contributed by atoms with Crippen LogP contribution in [0.3, 0.4) is 0 Å². The van der Waals surface area contributed by atoms with Gasteiger partial charge in [-0.1, -0.05) is 25.5 Å². The number of carbonyl (C=O) groups is 1. The van der Waals surface area contributed by atoms with E-state index in [1.165, 1.54) is 0 Å². The molecule has 0 atom stereocenters. The first-order valence-electron chi connectivity index (χ1n) is 10.4. The first kappa shape index (κ1) is 22.7. The van der Waals surface area contributed by atoms with Crippen LogP contribution in [-0.2, 0) is 0 Å². The van der Waals surface area contributed by atoms with E-state index in [1.54, 1.807) is 52.8 Å². The number of pyridine rings is 1. The Morgan fingerprint density at radius 3 is 2.78 bits per heavy atom. The van der Waals surface area contributed by atoms with Crippen molar-refractivity contribution in [3.8, 4) is 21.8 Å². The predicted molar refractivity (Wildman–Crippen MR) is 136 cm³/mol. The third kappa shape index (κ3) is 4.80. The van der Waals surface area contributed by atoms with Gasteiger partial charge in [-0.3, -0.25) is 4.79 Å². The molecule has 32 heavy (non-hydrogen) atoms. The quantitative estimate of drug-likeness (QED) is 0.221. The van der Waals surface area contributed by atoms with Gasteiger partial charge in [0, 0.05) is 29.1 Å². The summed E-state index contributed by atoms with van der Waals surface area (Å²) in [6.07, 6.45) is 4.07. The molecule has 0 spiro atoms. The number of benzene rings is 1. The number of rotatable bonds is 9. The van der Waals surface area contributed by atoms with Crippen LogP contribution in [0.15, 0.2) is 46.1 Å². The SMILES string of the molecule is CCCCSc1sc2nc(-c3nccs3)cc(-c3ccc(C(=O)NCCO)cc3)c2c1N. The van der Waals surface area contributed by atoms with E-state index in [0.717, 1.165) is 60.5 Å². The Hall–Kier alpha value is -2.46. The Labute approximate surface area is 198 Å². The number of nitrogens with zero attached hydrogens (tertiary/aromatic N) is 2. The Morgan fingerprint density at radius 1 is 1.28 bits per heavy atom. The third-order valence-corrected chi connectivity index (χ3v) is 8.17. The van der Waals surface area contributed by atoms with Crippen LogP contribution < -0.4 is 11.1 Å². The van der Waals surface area contributed by atoms with Gasteiger partial charge in [-0.05, 0) is 41.5 Å². The lowest BCUT2D eigenvalue weighted by Gasteiger charge is -2.09. The standard InChI is InChI=1S/C23H24N4O2S3/c1-2-3-11-31-23-19(24)18-16(13-17(27-22(18)32-23)21-26-9-12-30-21)14-4-6-15(7-5-14)20(29)25-8-10-28/h4-7,9,12-13,28H,2-3,8,10-11,24H2,1H3,(H,25,29). The highest BCUT2D eigenvalue weighted by Gasteiger charge is 2.19. The van der Waals surface area contributed by atoms with E-state index in [0.29, 0.717) is 5.56 Å². The second-order valence-electron chi connectivity index (χ2n) is 7.13. The summed E-state index contributed by atoms with van der Waals surface area (Å²) in [5.41, 5.74) is 10.7. The summed E-state index contributed by atoms with van der Waals surface area (Å²) in [6, 6.07) is 9.46. The van der Waals surface area contributed by atoms with E-state index in [1.807, 2.05) is 23.6 Å². The summed E-state index contributed by atoms with van der Waals surface area (Å²) in [5.74, 6) is 0.818. The van der Waals surface area contributed by atoms with E-state index in [9.17, 15) is 4.79 Å². The fourth-order valence-electron chi connectivity index (χ4n) is 3.28. The van der Waals surface area contributed by atoms with E-state index >= 15 is 0 Å². The first-order valence-corrected chi connectivity index (χ1v) is 13.1. The van der Waals surface area contributed by atoms with Crippen molar-refractivity contribution in [2.24, 2.45) is 0 Å². The summed E-state index contributed by atoms with van der Waals surface area (Å²) in [6.45, 7) is 2.32. The summed E-state index contributed by atoms with van der Waals surface area (Å²) in [5, 5.41) is 15.3. The van der Waals surface area contributed by atoms with Crippen LogP contribution in [0, 0.1) is 0 Å². The Morgan fingerprint density at radius 2 is 2.09 bits per heavy atom. The van der Waals surface area contributed by atoms with Crippen molar-refractivity contribution in [2.45, 2.75) is 24.0 Å². The lowest BCUT2D eigenvalue weighted by Crippen LogP contribution is -2.26. The maximum Gasteiger partial charge on any atom is 0.251 e. The fraction of sp³-hybridized carbons (Fsp3) is 0.261. The van der Waals surface area contributed by atoms with Crippen molar-refractivity contribution < 1.29 is 9.90 Å². The molecule has 0 saturated heterocycles. The minimum atomic E-state index is -0.210. The second-order valence-corrected chi connectivity index (χ2v) is 10.4. The third-order valence-electron chi connectivity index (χ3n) is 4.90. The number of thioether (sulfide) groups is 1. The van der Waals surface area contributed by atoms with Crippen LogP contribution in [0.4, 0.5) is 5.69 Å². The molecule has 0 aliphatic rings. The summed E-state index contributed by atoms with van der Waals surface area (Å²) < 4.78 is 1.10. The lowest BCUT2D eigenvalue weighted by atomic mass is 10.0. The highest BCUT2D eigenvalue weighted by atomic mass is 32.2. The number of thiophene rings is 1. The van der Waals surface area contributed by atoms with Crippen LogP contribution in [0.1, 0.15) is 30.1 Å². The Balaban J connectivity index is 1.78. The van der Waals surface area contributed by atoms with E-state index in [-0.39, 0.29) is 19.1 Å². The molecule has 0 fully saturated rings. The molecule has 4 aromatic rings. The van der Waals surface area contributed by atoms with Crippen molar-refractivity contribution in [1.82, 2.24) is 15.3 Å². The molecular weight excluding hydrogens is 460 g/mol. The number of nitrogen functional groups attached to an aromatic ring is 1. The molecule has 0 radical (unpaired) electrons. The largest absolute Gasteiger partial charge is 0.397 e. The molecule has 0 bridgehead atoms. The Kier molecular flexibility index (Phi) is 7.41. The van der Waals surface area contributed by atoms with Crippen molar-refractivity contribution in [3.63, 3.8) is 0 Å². The molecule has 166 valence electrons. The molecule has 4 N–H and O–H groups in total. The molecule has 9 heteroatoms. The minimum Gasteiger partial charge on any atom is -0.397 e. The van der Waals surface area contributed by atoms with Gasteiger partial charge in [-0.15, -0.1) is 34.4 Å². The van der Waals surface area contributed by atoms with Crippen LogP contribution >= 0.6 is 34.4 Å². The Bertz CT molecular complexity index is 1200. The van der Waals surface area contributed by atoms with E-state index in [4.69, 9.17) is 15.8 Å². The summed E-state index contributed by atoms with van der Waals surface area (Å²) >= 11 is 4.96. The fourth-order valence-corrected chi connectivity index (χ4v) is 6.33. The van der Waals surface area contributed by atoms with Crippen molar-refractivity contribution in [2.75, 3.05) is 24.6 Å². The van der Waals surface area contributed by atoms with Gasteiger partial charge in [-0.2, -0.15) is 0 Å². The number of aliphatic hydroxyl groups excluding tert-OH is 1. The number of hydrogen-bond acceptors (Lipinski definition) is 8. The van der Waals surface area contributed by atoms with Crippen LogP contribution in [-0.4, -0.2) is 39.9 Å². The summed E-state index contributed by atoms with van der Waals surface area (Å²) in [7, 11) is 0. The number of amides is 1. The monoisotopic (exact) mass is 484 g/mol. The van der Waals surface area contributed by atoms with Gasteiger partial charge in [0.2, 0.25) is 0 Å². The molecule has 0 unspecified atom stereocenters. The highest BCUT2D eigenvalue weighted by Crippen LogP contribution is 2.45. The molecule has 6 nitrogen and oxygen atoms in total. The van der Waals surface area contributed by atoms with Crippen LogP contribution in [0.25, 0.3) is 32.0 Å². The van der Waals surface area contributed by atoms with Gasteiger partial charge in [0.1, 0.15) is 15.5 Å². The zero-order valence-corrected chi connectivity index (χ0v) is 20.1. The van der Waals surface area contributed by atoms with E-state index in [2.05, 4.69) is 17.2 Å². The second kappa shape index (κ2) is 10.4. The first-order chi connectivity index (χ1) is 15.6. The zero-order chi connectivity index (χ0) is 22.5. The molecule has 0 saturated carbocycles. The number of unbranched alkanes of at least 4 members (excludes halogenated alkanes) is 1. The van der Waals surface area contributed by atoms with Crippen LogP contribution in [0.2, 0.25) is 0 Å². The molecule has 3 heterocycles. The number of aliphatic hydroxyl groups is 1. The van der Waals surface area contributed by atoms with Gasteiger partial charge in [0.25, 0.3) is 5.91 Å². The number of fused-ring (bicyclic) bond motifs is 1. The van der Waals surface area contributed by atoms with Gasteiger partial charge >= 0.3 is 0 Å². The maximum absolute atomic E-state index is 12.2. The minimum absolute atomic E-state index is 0.0889. The zero-order valence-electron chi connectivity index (χ0n) is 17.6. The number of aromatic nitrogens is 2. The number of anilines is 1.